The molecule has 0 N–H and O–H groups in total. The van der Waals surface area contributed by atoms with E-state index in [4.69, 9.17) is 16.1 Å². The molecule has 0 aliphatic rings. The fraction of sp³-hybridized carbons (Fsp3) is 0.385. The third-order valence-electron chi connectivity index (χ3n) is 2.55. The summed E-state index contributed by atoms with van der Waals surface area (Å²) in [6, 6.07) is 6.33. The summed E-state index contributed by atoms with van der Waals surface area (Å²) in [4.78, 5) is 4.22. The van der Waals surface area contributed by atoms with Crippen LogP contribution in [0, 0.1) is 5.82 Å². The summed E-state index contributed by atoms with van der Waals surface area (Å²) in [6.45, 7) is 2.04. The molecule has 3 nitrogen and oxygen atoms in total. The quantitative estimate of drug-likeness (QED) is 0.773. The summed E-state index contributed by atoms with van der Waals surface area (Å²) in [5.74, 6) is 0.690. The largest absolute Gasteiger partial charge is 0.339 e. The number of hydrogen-bond donors (Lipinski definition) is 0. The second-order valence-corrected chi connectivity index (χ2v) is 4.64. The Kier molecular flexibility index (Phi) is 4.31. The molecule has 2 rings (SSSR count). The molecule has 1 aromatic heterocycles. The first-order valence-electron chi connectivity index (χ1n) is 5.90. The maximum atomic E-state index is 13.0. The van der Waals surface area contributed by atoms with Crippen LogP contribution >= 0.6 is 11.6 Å². The number of halogens is 2. The first-order chi connectivity index (χ1) is 8.69. The van der Waals surface area contributed by atoms with Crippen LogP contribution < -0.4 is 0 Å². The van der Waals surface area contributed by atoms with Gasteiger partial charge in [0.15, 0.2) is 5.82 Å². The van der Waals surface area contributed by atoms with E-state index in [0.717, 1.165) is 18.4 Å². The van der Waals surface area contributed by atoms with E-state index in [1.807, 2.05) is 13.0 Å². The summed E-state index contributed by atoms with van der Waals surface area (Å²) < 4.78 is 18.1. The Morgan fingerprint density at radius 2 is 2.28 bits per heavy atom. The molecular formula is C13H14ClFN2O. The summed E-state index contributed by atoms with van der Waals surface area (Å²) in [5.41, 5.74) is 0.798. The van der Waals surface area contributed by atoms with Gasteiger partial charge in [0.1, 0.15) is 5.82 Å². The van der Waals surface area contributed by atoms with Crippen LogP contribution in [0.4, 0.5) is 4.39 Å². The second-order valence-electron chi connectivity index (χ2n) is 4.11. The van der Waals surface area contributed by atoms with Crippen molar-refractivity contribution >= 4 is 11.6 Å². The normalized spacial score (nSPS) is 12.6. The van der Waals surface area contributed by atoms with E-state index >= 15 is 0 Å². The van der Waals surface area contributed by atoms with E-state index in [0.29, 0.717) is 18.1 Å². The minimum atomic E-state index is -0.270. The summed E-state index contributed by atoms with van der Waals surface area (Å²) >= 11 is 6.10. The highest BCUT2D eigenvalue weighted by molar-refractivity contribution is 6.20. The molecule has 0 spiro atoms. The number of nitrogens with zero attached hydrogens (tertiary/aromatic N) is 2. The fourth-order valence-electron chi connectivity index (χ4n) is 1.67. The Labute approximate surface area is 110 Å². The Hall–Kier alpha value is -1.42. The van der Waals surface area contributed by atoms with Gasteiger partial charge < -0.3 is 4.52 Å². The van der Waals surface area contributed by atoms with Gasteiger partial charge in [-0.1, -0.05) is 30.6 Å². The molecule has 5 heteroatoms. The van der Waals surface area contributed by atoms with Crippen LogP contribution in [-0.2, 0) is 6.42 Å². The van der Waals surface area contributed by atoms with Crippen molar-refractivity contribution in [1.29, 1.82) is 0 Å². The van der Waals surface area contributed by atoms with Crippen molar-refractivity contribution in [1.82, 2.24) is 10.1 Å². The number of hydrogen-bond acceptors (Lipinski definition) is 3. The van der Waals surface area contributed by atoms with E-state index in [-0.39, 0.29) is 11.2 Å². The molecule has 1 aromatic carbocycles. The molecule has 0 saturated heterocycles. The van der Waals surface area contributed by atoms with Crippen LogP contribution in [-0.4, -0.2) is 10.1 Å². The van der Waals surface area contributed by atoms with Crippen LogP contribution in [0.2, 0.25) is 0 Å². The highest BCUT2D eigenvalue weighted by Gasteiger charge is 2.15. The third-order valence-corrected chi connectivity index (χ3v) is 2.96. The average Bonchev–Trinajstić information content (AvgIpc) is 2.78. The molecule has 1 heterocycles. The number of benzene rings is 1. The molecule has 96 valence electrons. The summed E-state index contributed by atoms with van der Waals surface area (Å²) in [5, 5.41) is 3.62. The van der Waals surface area contributed by atoms with Gasteiger partial charge in [-0.25, -0.2) is 4.39 Å². The monoisotopic (exact) mass is 268 g/mol. The van der Waals surface area contributed by atoms with Gasteiger partial charge in [-0.15, -0.1) is 11.6 Å². The topological polar surface area (TPSA) is 38.9 Å². The van der Waals surface area contributed by atoms with Crippen molar-refractivity contribution in [3.8, 4) is 0 Å². The van der Waals surface area contributed by atoms with E-state index in [1.54, 1.807) is 6.07 Å². The Bertz CT molecular complexity index is 515. The van der Waals surface area contributed by atoms with E-state index in [1.165, 1.54) is 12.1 Å². The first-order valence-corrected chi connectivity index (χ1v) is 6.33. The van der Waals surface area contributed by atoms with Crippen LogP contribution in [0.15, 0.2) is 28.8 Å². The lowest BCUT2D eigenvalue weighted by Gasteiger charge is -1.99. The van der Waals surface area contributed by atoms with Gasteiger partial charge in [0.05, 0.1) is 11.8 Å². The summed E-state index contributed by atoms with van der Waals surface area (Å²) in [6.07, 6.45) is 2.18. The van der Waals surface area contributed by atoms with Crippen LogP contribution in [0.1, 0.15) is 42.4 Å². The zero-order chi connectivity index (χ0) is 13.0. The van der Waals surface area contributed by atoms with Gasteiger partial charge in [0.25, 0.3) is 0 Å². The van der Waals surface area contributed by atoms with Crippen LogP contribution in [0.5, 0.6) is 0 Å². The van der Waals surface area contributed by atoms with Gasteiger partial charge in [-0.05, 0) is 24.1 Å². The molecule has 18 heavy (non-hydrogen) atoms. The van der Waals surface area contributed by atoms with Crippen LogP contribution in [0.25, 0.3) is 0 Å². The van der Waals surface area contributed by atoms with Crippen molar-refractivity contribution < 1.29 is 8.91 Å². The van der Waals surface area contributed by atoms with Crippen molar-refractivity contribution in [2.24, 2.45) is 0 Å². The standard InChI is InChI=1S/C13H14ClFN2O/c1-2-4-11(14)13-16-12(18-17-13)8-9-5-3-6-10(15)7-9/h3,5-7,11H,2,4,8H2,1H3. The zero-order valence-electron chi connectivity index (χ0n) is 10.1. The second kappa shape index (κ2) is 5.96. The van der Waals surface area contributed by atoms with E-state index in [2.05, 4.69) is 10.1 Å². The minimum Gasteiger partial charge on any atom is -0.339 e. The third kappa shape index (κ3) is 3.29. The Morgan fingerprint density at radius 1 is 1.44 bits per heavy atom. The zero-order valence-corrected chi connectivity index (χ0v) is 10.8. The molecule has 0 amide bonds. The smallest absolute Gasteiger partial charge is 0.231 e. The van der Waals surface area contributed by atoms with Crippen molar-refractivity contribution in [2.75, 3.05) is 0 Å². The number of rotatable bonds is 5. The molecule has 0 fully saturated rings. The molecule has 1 unspecified atom stereocenters. The lowest BCUT2D eigenvalue weighted by molar-refractivity contribution is 0.378. The van der Waals surface area contributed by atoms with Crippen LogP contribution in [0.3, 0.4) is 0 Å². The molecule has 0 bridgehead atoms. The predicted molar refractivity (Wildman–Crippen MR) is 67.0 cm³/mol. The SMILES string of the molecule is CCCC(Cl)c1noc(Cc2cccc(F)c2)n1. The molecule has 0 aliphatic carbocycles. The van der Waals surface area contributed by atoms with Gasteiger partial charge >= 0.3 is 0 Å². The van der Waals surface area contributed by atoms with E-state index in [9.17, 15) is 4.39 Å². The first kappa shape index (κ1) is 13.0. The maximum absolute atomic E-state index is 13.0. The predicted octanol–water partition coefficient (Wildman–Crippen LogP) is 3.88. The van der Waals surface area contributed by atoms with Gasteiger partial charge in [0.2, 0.25) is 5.89 Å². The van der Waals surface area contributed by atoms with Gasteiger partial charge in [-0.3, -0.25) is 0 Å². The van der Waals surface area contributed by atoms with Crippen molar-refractivity contribution in [2.45, 2.75) is 31.6 Å². The molecule has 1 atom stereocenters. The lowest BCUT2D eigenvalue weighted by Crippen LogP contribution is -1.94. The fourth-order valence-corrected chi connectivity index (χ4v) is 1.98. The maximum Gasteiger partial charge on any atom is 0.231 e. The van der Waals surface area contributed by atoms with E-state index < -0.39 is 0 Å². The molecule has 0 saturated carbocycles. The Balaban J connectivity index is 2.06. The number of aromatic nitrogens is 2. The molecule has 2 aromatic rings. The van der Waals surface area contributed by atoms with Gasteiger partial charge in [0, 0.05) is 0 Å². The average molecular weight is 269 g/mol. The molecule has 0 aliphatic heterocycles. The lowest BCUT2D eigenvalue weighted by atomic mass is 10.1. The van der Waals surface area contributed by atoms with Crippen molar-refractivity contribution in [3.63, 3.8) is 0 Å². The highest BCUT2D eigenvalue weighted by atomic mass is 35.5. The van der Waals surface area contributed by atoms with Gasteiger partial charge in [-0.2, -0.15) is 4.98 Å². The molecular weight excluding hydrogens is 255 g/mol. The summed E-state index contributed by atoms with van der Waals surface area (Å²) in [7, 11) is 0. The van der Waals surface area contributed by atoms with Crippen molar-refractivity contribution in [3.05, 3.63) is 47.4 Å². The molecule has 0 radical (unpaired) electrons. The Morgan fingerprint density at radius 3 is 3.00 bits per heavy atom. The minimum absolute atomic E-state index is 0.222. The highest BCUT2D eigenvalue weighted by Crippen LogP contribution is 2.23. The number of alkyl halides is 1.